The molecule has 0 saturated carbocycles. The first-order chi connectivity index (χ1) is 9.20. The van der Waals surface area contributed by atoms with Gasteiger partial charge in [-0.05, 0) is 52.3 Å². The molecule has 4 heteroatoms. The standard InChI is InChI=1S/C15H15BrFNO/c1-18-9-11-4-2-3-5-12(11)10-19-15-7-6-13(17)8-14(15)16/h2-8,18H,9-10H2,1H3. The van der Waals surface area contributed by atoms with Gasteiger partial charge in [0.25, 0.3) is 0 Å². The zero-order valence-corrected chi connectivity index (χ0v) is 12.2. The molecule has 2 aromatic rings. The first-order valence-electron chi connectivity index (χ1n) is 6.00. The molecule has 0 bridgehead atoms. The summed E-state index contributed by atoms with van der Waals surface area (Å²) in [5, 5.41) is 3.13. The Kier molecular flexibility index (Phi) is 4.93. The van der Waals surface area contributed by atoms with Gasteiger partial charge < -0.3 is 10.1 Å². The molecule has 1 N–H and O–H groups in total. The van der Waals surface area contributed by atoms with E-state index >= 15 is 0 Å². The highest BCUT2D eigenvalue weighted by atomic mass is 79.9. The van der Waals surface area contributed by atoms with Crippen LogP contribution in [0.15, 0.2) is 46.9 Å². The van der Waals surface area contributed by atoms with Crippen LogP contribution in [0.2, 0.25) is 0 Å². The van der Waals surface area contributed by atoms with Gasteiger partial charge in [-0.1, -0.05) is 24.3 Å². The molecule has 0 fully saturated rings. The van der Waals surface area contributed by atoms with E-state index in [0.29, 0.717) is 16.8 Å². The fourth-order valence-electron chi connectivity index (χ4n) is 1.81. The minimum atomic E-state index is -0.283. The van der Waals surface area contributed by atoms with Crippen molar-refractivity contribution in [2.45, 2.75) is 13.2 Å². The minimum absolute atomic E-state index is 0.283. The van der Waals surface area contributed by atoms with Gasteiger partial charge in [0.2, 0.25) is 0 Å². The van der Waals surface area contributed by atoms with Gasteiger partial charge in [0, 0.05) is 6.54 Å². The number of rotatable bonds is 5. The van der Waals surface area contributed by atoms with Crippen LogP contribution in [0.5, 0.6) is 5.75 Å². The van der Waals surface area contributed by atoms with Gasteiger partial charge in [-0.2, -0.15) is 0 Å². The summed E-state index contributed by atoms with van der Waals surface area (Å²) < 4.78 is 19.3. The van der Waals surface area contributed by atoms with Crippen LogP contribution in [-0.2, 0) is 13.2 Å². The third-order valence-electron chi connectivity index (χ3n) is 2.76. The second-order valence-corrected chi connectivity index (χ2v) is 5.02. The van der Waals surface area contributed by atoms with Gasteiger partial charge in [-0.25, -0.2) is 4.39 Å². The highest BCUT2D eigenvalue weighted by Crippen LogP contribution is 2.26. The van der Waals surface area contributed by atoms with Crippen LogP contribution in [0.1, 0.15) is 11.1 Å². The molecular formula is C15H15BrFNO. The summed E-state index contributed by atoms with van der Waals surface area (Å²) in [6.07, 6.45) is 0. The van der Waals surface area contributed by atoms with Gasteiger partial charge in [0.05, 0.1) is 4.47 Å². The second-order valence-electron chi connectivity index (χ2n) is 4.16. The lowest BCUT2D eigenvalue weighted by Gasteiger charge is -2.12. The van der Waals surface area contributed by atoms with Gasteiger partial charge in [-0.15, -0.1) is 0 Å². The summed E-state index contributed by atoms with van der Waals surface area (Å²) in [5.41, 5.74) is 2.32. The maximum absolute atomic E-state index is 13.0. The Morgan fingerprint density at radius 3 is 2.58 bits per heavy atom. The molecule has 0 heterocycles. The number of nitrogens with one attached hydrogen (secondary N) is 1. The summed E-state index contributed by atoms with van der Waals surface area (Å²) in [5.74, 6) is 0.357. The molecular weight excluding hydrogens is 309 g/mol. The SMILES string of the molecule is CNCc1ccccc1COc1ccc(F)cc1Br. The molecule has 19 heavy (non-hydrogen) atoms. The van der Waals surface area contributed by atoms with Crippen molar-refractivity contribution in [3.05, 3.63) is 63.9 Å². The smallest absolute Gasteiger partial charge is 0.134 e. The lowest BCUT2D eigenvalue weighted by atomic mass is 10.1. The molecule has 2 nitrogen and oxygen atoms in total. The van der Waals surface area contributed by atoms with Crippen molar-refractivity contribution in [1.29, 1.82) is 0 Å². The average Bonchev–Trinajstić information content (AvgIpc) is 2.40. The Hall–Kier alpha value is -1.39. The molecule has 0 radical (unpaired) electrons. The fourth-order valence-corrected chi connectivity index (χ4v) is 2.27. The van der Waals surface area contributed by atoms with Crippen LogP contribution < -0.4 is 10.1 Å². The van der Waals surface area contributed by atoms with E-state index in [1.165, 1.54) is 17.7 Å². The monoisotopic (exact) mass is 323 g/mol. The van der Waals surface area contributed by atoms with E-state index in [4.69, 9.17) is 4.74 Å². The van der Waals surface area contributed by atoms with E-state index in [0.717, 1.165) is 12.1 Å². The first-order valence-corrected chi connectivity index (χ1v) is 6.79. The average molecular weight is 324 g/mol. The molecule has 2 rings (SSSR count). The van der Waals surface area contributed by atoms with Crippen molar-refractivity contribution in [2.24, 2.45) is 0 Å². The third-order valence-corrected chi connectivity index (χ3v) is 3.38. The van der Waals surface area contributed by atoms with Crippen LogP contribution in [-0.4, -0.2) is 7.05 Å². The predicted octanol–water partition coefficient (Wildman–Crippen LogP) is 3.89. The van der Waals surface area contributed by atoms with Crippen LogP contribution in [0, 0.1) is 5.82 Å². The van der Waals surface area contributed by atoms with Crippen molar-refractivity contribution >= 4 is 15.9 Å². The molecule has 0 aliphatic rings. The number of hydrogen-bond acceptors (Lipinski definition) is 2. The zero-order valence-electron chi connectivity index (χ0n) is 10.6. The highest BCUT2D eigenvalue weighted by molar-refractivity contribution is 9.10. The van der Waals surface area contributed by atoms with Gasteiger partial charge in [0.15, 0.2) is 0 Å². The predicted molar refractivity (Wildman–Crippen MR) is 77.6 cm³/mol. The number of benzene rings is 2. The first kappa shape index (κ1) is 14.0. The molecule has 0 spiro atoms. The molecule has 0 amide bonds. The zero-order chi connectivity index (χ0) is 13.7. The lowest BCUT2D eigenvalue weighted by molar-refractivity contribution is 0.302. The van der Waals surface area contributed by atoms with Crippen molar-refractivity contribution < 1.29 is 9.13 Å². The third kappa shape index (κ3) is 3.78. The fraction of sp³-hybridized carbons (Fsp3) is 0.200. The lowest BCUT2D eigenvalue weighted by Crippen LogP contribution is -2.09. The Morgan fingerprint density at radius 2 is 1.89 bits per heavy atom. The van der Waals surface area contributed by atoms with Crippen LogP contribution in [0.25, 0.3) is 0 Å². The van der Waals surface area contributed by atoms with Crippen molar-refractivity contribution in [1.82, 2.24) is 5.32 Å². The Balaban J connectivity index is 2.10. The van der Waals surface area contributed by atoms with E-state index in [1.807, 2.05) is 25.2 Å². The minimum Gasteiger partial charge on any atom is -0.488 e. The second kappa shape index (κ2) is 6.68. The molecule has 2 aromatic carbocycles. The van der Waals surface area contributed by atoms with E-state index in [1.54, 1.807) is 6.07 Å². The van der Waals surface area contributed by atoms with Crippen molar-refractivity contribution in [3.8, 4) is 5.75 Å². The Labute approximate surface area is 120 Å². The normalized spacial score (nSPS) is 10.5. The summed E-state index contributed by atoms with van der Waals surface area (Å²) >= 11 is 3.29. The largest absolute Gasteiger partial charge is 0.488 e. The summed E-state index contributed by atoms with van der Waals surface area (Å²) in [6, 6.07) is 12.5. The van der Waals surface area contributed by atoms with E-state index < -0.39 is 0 Å². The Morgan fingerprint density at radius 1 is 1.16 bits per heavy atom. The summed E-state index contributed by atoms with van der Waals surface area (Å²) in [7, 11) is 1.91. The van der Waals surface area contributed by atoms with Crippen molar-refractivity contribution in [2.75, 3.05) is 7.05 Å². The van der Waals surface area contributed by atoms with E-state index in [-0.39, 0.29) is 5.82 Å². The number of halogens is 2. The molecule has 0 aliphatic heterocycles. The maximum atomic E-state index is 13.0. The van der Waals surface area contributed by atoms with Crippen LogP contribution in [0.4, 0.5) is 4.39 Å². The van der Waals surface area contributed by atoms with Crippen LogP contribution >= 0.6 is 15.9 Å². The molecule has 0 saturated heterocycles. The van der Waals surface area contributed by atoms with Crippen LogP contribution in [0.3, 0.4) is 0 Å². The molecule has 100 valence electrons. The summed E-state index contributed by atoms with van der Waals surface area (Å²) in [6.45, 7) is 1.26. The molecule has 0 unspecified atom stereocenters. The van der Waals surface area contributed by atoms with Gasteiger partial charge in [-0.3, -0.25) is 0 Å². The number of ether oxygens (including phenoxy) is 1. The highest BCUT2D eigenvalue weighted by Gasteiger charge is 2.05. The summed E-state index contributed by atoms with van der Waals surface area (Å²) in [4.78, 5) is 0. The molecule has 0 aromatic heterocycles. The van der Waals surface area contributed by atoms with E-state index in [9.17, 15) is 4.39 Å². The molecule has 0 atom stereocenters. The topological polar surface area (TPSA) is 21.3 Å². The number of hydrogen-bond donors (Lipinski definition) is 1. The quantitative estimate of drug-likeness (QED) is 0.901. The van der Waals surface area contributed by atoms with Gasteiger partial charge in [0.1, 0.15) is 18.2 Å². The maximum Gasteiger partial charge on any atom is 0.134 e. The van der Waals surface area contributed by atoms with Crippen molar-refractivity contribution in [3.63, 3.8) is 0 Å². The molecule has 0 aliphatic carbocycles. The Bertz CT molecular complexity index is 560. The van der Waals surface area contributed by atoms with Gasteiger partial charge >= 0.3 is 0 Å². The van der Waals surface area contributed by atoms with E-state index in [2.05, 4.69) is 27.3 Å².